The smallest absolute Gasteiger partial charge is 0.383 e. The highest BCUT2D eigenvalue weighted by molar-refractivity contribution is 7.15. The van der Waals surface area contributed by atoms with Crippen LogP contribution in [0, 0.1) is 30.1 Å². The molecular weight excluding hydrogens is 541 g/mol. The average molecular weight is 571 g/mol. The molecule has 1 saturated heterocycles. The normalized spacial score (nSPS) is 23.4. The minimum absolute atomic E-state index is 0.0753. The third-order valence-corrected chi connectivity index (χ3v) is 8.79. The number of aryl methyl sites for hydroxylation is 1. The largest absolute Gasteiger partial charge is 0.433 e. The van der Waals surface area contributed by atoms with Gasteiger partial charge in [-0.3, -0.25) is 4.79 Å². The van der Waals surface area contributed by atoms with Gasteiger partial charge < -0.3 is 15.3 Å². The summed E-state index contributed by atoms with van der Waals surface area (Å²) in [6.07, 6.45) is 1.77. The summed E-state index contributed by atoms with van der Waals surface area (Å²) in [4.78, 5) is 27.7. The molecule has 1 aliphatic heterocycles. The van der Waals surface area contributed by atoms with Gasteiger partial charge in [0.2, 0.25) is 11.9 Å². The van der Waals surface area contributed by atoms with Crippen LogP contribution in [0.2, 0.25) is 0 Å². The second-order valence-corrected chi connectivity index (χ2v) is 11.6. The SMILES string of the molecule is Cc1cc(Nc2nccc(C(F)(F)F)n2)cc(-c2cnc([C@]3(O)CC[C@H](C(=O)N4CCCC(C#N)C4)CC3)s2)c1. The minimum Gasteiger partial charge on any atom is -0.383 e. The van der Waals surface area contributed by atoms with E-state index in [2.05, 4.69) is 26.3 Å². The quantitative estimate of drug-likeness (QED) is 0.398. The van der Waals surface area contributed by atoms with Crippen LogP contribution >= 0.6 is 11.3 Å². The monoisotopic (exact) mass is 570 g/mol. The number of carbonyl (C=O) groups is 1. The molecule has 210 valence electrons. The number of benzene rings is 1. The number of nitrogens with zero attached hydrogens (tertiary/aromatic N) is 5. The summed E-state index contributed by atoms with van der Waals surface area (Å²) >= 11 is 1.36. The Balaban J connectivity index is 1.27. The van der Waals surface area contributed by atoms with Gasteiger partial charge in [-0.2, -0.15) is 18.4 Å². The first-order valence-corrected chi connectivity index (χ1v) is 14.0. The second kappa shape index (κ2) is 11.1. The predicted molar refractivity (Wildman–Crippen MR) is 143 cm³/mol. The maximum absolute atomic E-state index is 13.1. The third-order valence-electron chi connectivity index (χ3n) is 7.55. The molecule has 8 nitrogen and oxygen atoms in total. The molecule has 2 aliphatic rings. The number of thiazole rings is 1. The first kappa shape index (κ1) is 28.0. The van der Waals surface area contributed by atoms with Crippen molar-refractivity contribution in [3.05, 3.63) is 52.9 Å². The fourth-order valence-corrected chi connectivity index (χ4v) is 6.47. The summed E-state index contributed by atoms with van der Waals surface area (Å²) in [5.41, 5.74) is 0.0298. The molecule has 2 aromatic heterocycles. The number of rotatable bonds is 5. The Labute approximate surface area is 233 Å². The number of anilines is 2. The molecule has 1 aromatic carbocycles. The van der Waals surface area contributed by atoms with E-state index in [-0.39, 0.29) is 23.7 Å². The zero-order valence-corrected chi connectivity index (χ0v) is 22.7. The average Bonchev–Trinajstić information content (AvgIpc) is 3.44. The lowest BCUT2D eigenvalue weighted by molar-refractivity contribution is -0.141. The number of hydrogen-bond donors (Lipinski definition) is 2. The van der Waals surface area contributed by atoms with Gasteiger partial charge in [0.05, 0.1) is 16.9 Å². The van der Waals surface area contributed by atoms with Crippen LogP contribution in [0.1, 0.15) is 54.8 Å². The Morgan fingerprint density at radius 2 is 2.00 bits per heavy atom. The predicted octanol–water partition coefficient (Wildman–Crippen LogP) is 5.81. The zero-order valence-electron chi connectivity index (χ0n) is 21.9. The first-order chi connectivity index (χ1) is 19.0. The van der Waals surface area contributed by atoms with Crippen LogP contribution < -0.4 is 5.32 Å². The Morgan fingerprint density at radius 3 is 2.73 bits per heavy atom. The van der Waals surface area contributed by atoms with Crippen LogP contribution in [0.5, 0.6) is 0 Å². The van der Waals surface area contributed by atoms with Crippen molar-refractivity contribution in [3.8, 4) is 16.5 Å². The van der Waals surface area contributed by atoms with Crippen LogP contribution in [-0.2, 0) is 16.6 Å². The van der Waals surface area contributed by atoms with E-state index in [4.69, 9.17) is 0 Å². The van der Waals surface area contributed by atoms with Crippen molar-refractivity contribution >= 4 is 28.9 Å². The Kier molecular flexibility index (Phi) is 7.79. The molecule has 1 amide bonds. The molecule has 12 heteroatoms. The van der Waals surface area contributed by atoms with Crippen molar-refractivity contribution in [1.82, 2.24) is 19.9 Å². The van der Waals surface area contributed by atoms with Gasteiger partial charge in [-0.15, -0.1) is 11.3 Å². The number of amides is 1. The van der Waals surface area contributed by atoms with E-state index in [9.17, 15) is 28.3 Å². The summed E-state index contributed by atoms with van der Waals surface area (Å²) < 4.78 is 39.1. The third kappa shape index (κ3) is 6.10. The van der Waals surface area contributed by atoms with Crippen LogP contribution in [0.3, 0.4) is 0 Å². The van der Waals surface area contributed by atoms with Crippen molar-refractivity contribution in [1.29, 1.82) is 5.26 Å². The highest BCUT2D eigenvalue weighted by atomic mass is 32.1. The van der Waals surface area contributed by atoms with Gasteiger partial charge in [-0.1, -0.05) is 6.07 Å². The van der Waals surface area contributed by atoms with E-state index >= 15 is 0 Å². The molecule has 1 atom stereocenters. The first-order valence-electron chi connectivity index (χ1n) is 13.2. The molecule has 1 aliphatic carbocycles. The van der Waals surface area contributed by atoms with E-state index < -0.39 is 17.5 Å². The molecule has 40 heavy (non-hydrogen) atoms. The Bertz CT molecular complexity index is 1430. The van der Waals surface area contributed by atoms with Crippen molar-refractivity contribution in [2.24, 2.45) is 11.8 Å². The van der Waals surface area contributed by atoms with Crippen LogP contribution in [-0.4, -0.2) is 44.0 Å². The molecule has 0 bridgehead atoms. The van der Waals surface area contributed by atoms with E-state index in [0.29, 0.717) is 49.5 Å². The molecule has 3 heterocycles. The van der Waals surface area contributed by atoms with E-state index in [0.717, 1.165) is 41.1 Å². The molecule has 2 N–H and O–H groups in total. The highest BCUT2D eigenvalue weighted by Gasteiger charge is 2.41. The topological polar surface area (TPSA) is 115 Å². The van der Waals surface area contributed by atoms with Crippen LogP contribution in [0.25, 0.3) is 10.4 Å². The van der Waals surface area contributed by atoms with E-state index in [1.807, 2.05) is 17.9 Å². The molecule has 1 saturated carbocycles. The van der Waals surface area contributed by atoms with Gasteiger partial charge in [-0.25, -0.2) is 15.0 Å². The number of piperidine rings is 1. The van der Waals surface area contributed by atoms with Crippen LogP contribution in [0.4, 0.5) is 24.8 Å². The Hall–Kier alpha value is -3.56. The number of likely N-dealkylation sites (tertiary alicyclic amines) is 1. The number of carbonyl (C=O) groups excluding carboxylic acids is 1. The number of nitrogens with one attached hydrogen (secondary N) is 1. The van der Waals surface area contributed by atoms with Crippen molar-refractivity contribution in [2.75, 3.05) is 18.4 Å². The van der Waals surface area contributed by atoms with E-state index in [1.165, 1.54) is 11.3 Å². The summed E-state index contributed by atoms with van der Waals surface area (Å²) in [6.45, 7) is 3.04. The standard InChI is InChI=1S/C28H29F3N6O2S/c1-17-11-20(13-21(12-17)35-26-33-9-6-23(36-26)28(29,30)31)22-15-34-25(40-22)27(39)7-4-19(5-8-27)24(38)37-10-2-3-18(14-32)16-37/h6,9,11-13,15,18-19,39H,2-5,7-8,10,16H2,1H3,(H,33,35,36)/t18?,19-,27-. The van der Waals surface area contributed by atoms with Gasteiger partial charge >= 0.3 is 6.18 Å². The maximum atomic E-state index is 13.1. The molecule has 3 aromatic rings. The number of aliphatic hydroxyl groups is 1. The number of alkyl halides is 3. The van der Waals surface area contributed by atoms with Gasteiger partial charge in [-0.05, 0) is 74.8 Å². The van der Waals surface area contributed by atoms with Crippen molar-refractivity contribution in [3.63, 3.8) is 0 Å². The van der Waals surface area contributed by atoms with Gasteiger partial charge in [0.1, 0.15) is 16.3 Å². The number of nitriles is 1. The van der Waals surface area contributed by atoms with E-state index in [1.54, 1.807) is 18.3 Å². The van der Waals surface area contributed by atoms with Gasteiger partial charge in [0, 0.05) is 37.1 Å². The molecule has 0 radical (unpaired) electrons. The minimum atomic E-state index is -4.57. The lowest BCUT2D eigenvalue weighted by Gasteiger charge is -2.37. The molecule has 2 fully saturated rings. The van der Waals surface area contributed by atoms with Gasteiger partial charge in [0.15, 0.2) is 0 Å². The maximum Gasteiger partial charge on any atom is 0.433 e. The number of aromatic nitrogens is 3. The Morgan fingerprint density at radius 1 is 1.23 bits per heavy atom. The lowest BCUT2D eigenvalue weighted by Crippen LogP contribution is -2.45. The number of hydrogen-bond acceptors (Lipinski definition) is 8. The summed E-state index contributed by atoms with van der Waals surface area (Å²) in [6, 6.07) is 8.58. The number of halogens is 3. The molecular formula is C28H29F3N6O2S. The fourth-order valence-electron chi connectivity index (χ4n) is 5.42. The lowest BCUT2D eigenvalue weighted by atomic mass is 9.78. The molecule has 0 spiro atoms. The summed E-state index contributed by atoms with van der Waals surface area (Å²) in [5.74, 6) is -0.362. The molecule has 1 unspecified atom stereocenters. The van der Waals surface area contributed by atoms with Gasteiger partial charge in [0.25, 0.3) is 0 Å². The molecule has 5 rings (SSSR count). The summed E-state index contributed by atoms with van der Waals surface area (Å²) in [7, 11) is 0. The highest BCUT2D eigenvalue weighted by Crippen LogP contribution is 2.43. The van der Waals surface area contributed by atoms with Crippen molar-refractivity contribution < 1.29 is 23.1 Å². The van der Waals surface area contributed by atoms with Crippen molar-refractivity contribution in [2.45, 2.75) is 57.2 Å². The second-order valence-electron chi connectivity index (χ2n) is 10.6. The van der Waals surface area contributed by atoms with Crippen LogP contribution in [0.15, 0.2) is 36.7 Å². The fraction of sp³-hybridized carbons (Fsp3) is 0.464. The zero-order chi connectivity index (χ0) is 28.5. The summed E-state index contributed by atoms with van der Waals surface area (Å²) in [5, 5.41) is 24.1.